The summed E-state index contributed by atoms with van der Waals surface area (Å²) in [5.74, 6) is -1.36. The van der Waals surface area contributed by atoms with Crippen LogP contribution in [-0.2, 0) is 9.53 Å². The maximum absolute atomic E-state index is 12.4. The molecule has 0 unspecified atom stereocenters. The summed E-state index contributed by atoms with van der Waals surface area (Å²) in [6, 6.07) is 8.14. The molecular formula is C20H23NO4S. The molecule has 1 heterocycles. The van der Waals surface area contributed by atoms with Gasteiger partial charge in [-0.2, -0.15) is 0 Å². The highest BCUT2D eigenvalue weighted by molar-refractivity contribution is 7.12. The monoisotopic (exact) mass is 373 g/mol. The number of hydrogen-bond acceptors (Lipinski definition) is 5. The van der Waals surface area contributed by atoms with Crippen molar-refractivity contribution in [2.45, 2.75) is 33.7 Å². The third-order valence-corrected chi connectivity index (χ3v) is 4.85. The maximum atomic E-state index is 12.4. The van der Waals surface area contributed by atoms with Gasteiger partial charge in [0.1, 0.15) is 6.04 Å². The Hall–Kier alpha value is -2.47. The number of nitrogens with one attached hydrogen (secondary N) is 1. The molecule has 5 nitrogen and oxygen atoms in total. The van der Waals surface area contributed by atoms with Gasteiger partial charge in [0.25, 0.3) is 5.91 Å². The lowest BCUT2D eigenvalue weighted by atomic mass is 10.0. The topological polar surface area (TPSA) is 72.5 Å². The lowest BCUT2D eigenvalue weighted by molar-refractivity contribution is -0.145. The summed E-state index contributed by atoms with van der Waals surface area (Å²) in [5, 5.41) is 4.48. The van der Waals surface area contributed by atoms with E-state index in [0.29, 0.717) is 10.4 Å². The summed E-state index contributed by atoms with van der Waals surface area (Å²) in [6.07, 6.45) is 0. The first-order chi connectivity index (χ1) is 12.3. The van der Waals surface area contributed by atoms with Crippen LogP contribution in [0.25, 0.3) is 0 Å². The quantitative estimate of drug-likeness (QED) is 0.595. The molecule has 6 heteroatoms. The van der Waals surface area contributed by atoms with Crippen molar-refractivity contribution in [3.63, 3.8) is 0 Å². The molecule has 0 aliphatic rings. The Morgan fingerprint density at radius 3 is 2.46 bits per heavy atom. The Kier molecular flexibility index (Phi) is 6.69. The second kappa shape index (κ2) is 8.76. The van der Waals surface area contributed by atoms with Gasteiger partial charge in [-0.15, -0.1) is 11.3 Å². The van der Waals surface area contributed by atoms with Gasteiger partial charge in [-0.3, -0.25) is 9.59 Å². The van der Waals surface area contributed by atoms with Crippen LogP contribution in [0.2, 0.25) is 0 Å². The molecule has 0 aliphatic carbocycles. The van der Waals surface area contributed by atoms with Crippen molar-refractivity contribution in [1.29, 1.82) is 0 Å². The first kappa shape index (κ1) is 19.8. The molecule has 1 aromatic carbocycles. The number of thiophene rings is 1. The molecule has 2 aromatic rings. The molecule has 26 heavy (non-hydrogen) atoms. The molecule has 1 N–H and O–H groups in total. The summed E-state index contributed by atoms with van der Waals surface area (Å²) in [5.41, 5.74) is 2.44. The normalized spacial score (nSPS) is 11.9. The third kappa shape index (κ3) is 5.02. The summed E-state index contributed by atoms with van der Waals surface area (Å²) in [6.45, 7) is 7.07. The fourth-order valence-corrected chi connectivity index (χ4v) is 3.18. The molecule has 0 saturated heterocycles. The van der Waals surface area contributed by atoms with Crippen molar-refractivity contribution in [1.82, 2.24) is 5.32 Å². The summed E-state index contributed by atoms with van der Waals surface area (Å²) >= 11 is 1.30. The van der Waals surface area contributed by atoms with Gasteiger partial charge in [-0.1, -0.05) is 43.7 Å². The van der Waals surface area contributed by atoms with E-state index in [9.17, 15) is 14.4 Å². The van der Waals surface area contributed by atoms with Gasteiger partial charge >= 0.3 is 5.97 Å². The lowest BCUT2D eigenvalue weighted by Crippen LogP contribution is -2.45. The van der Waals surface area contributed by atoms with E-state index in [1.54, 1.807) is 23.6 Å². The molecule has 1 atom stereocenters. The minimum Gasteiger partial charge on any atom is -0.456 e. The van der Waals surface area contributed by atoms with E-state index >= 15 is 0 Å². The number of amides is 1. The molecular weight excluding hydrogens is 350 g/mol. The van der Waals surface area contributed by atoms with Gasteiger partial charge in [0.2, 0.25) is 5.78 Å². The molecule has 2 rings (SSSR count). The van der Waals surface area contributed by atoms with E-state index < -0.39 is 12.0 Å². The number of aryl methyl sites for hydroxylation is 2. The Morgan fingerprint density at radius 2 is 1.88 bits per heavy atom. The Labute approximate surface area is 157 Å². The van der Waals surface area contributed by atoms with Gasteiger partial charge in [-0.05, 0) is 36.8 Å². The Morgan fingerprint density at radius 1 is 1.15 bits per heavy atom. The van der Waals surface area contributed by atoms with Crippen molar-refractivity contribution >= 4 is 29.0 Å². The predicted octanol–water partition coefficient (Wildman–Crippen LogP) is 3.55. The van der Waals surface area contributed by atoms with Crippen molar-refractivity contribution < 1.29 is 19.1 Å². The van der Waals surface area contributed by atoms with E-state index in [4.69, 9.17) is 4.74 Å². The van der Waals surface area contributed by atoms with E-state index in [0.717, 1.165) is 11.1 Å². The lowest BCUT2D eigenvalue weighted by Gasteiger charge is -2.20. The first-order valence-electron chi connectivity index (χ1n) is 8.41. The summed E-state index contributed by atoms with van der Waals surface area (Å²) in [7, 11) is 0. The van der Waals surface area contributed by atoms with Crippen molar-refractivity contribution in [2.24, 2.45) is 5.92 Å². The van der Waals surface area contributed by atoms with Crippen LogP contribution in [0.15, 0.2) is 35.7 Å². The van der Waals surface area contributed by atoms with Crippen LogP contribution < -0.4 is 5.32 Å². The SMILES string of the molecule is Cc1ccc(C(=O)COC(=O)[C@H](NC(=O)c2cccs2)C(C)C)c(C)c1. The van der Waals surface area contributed by atoms with Crippen LogP contribution >= 0.6 is 11.3 Å². The number of hydrogen-bond donors (Lipinski definition) is 1. The minimum atomic E-state index is -0.809. The zero-order chi connectivity index (χ0) is 19.3. The van der Waals surface area contributed by atoms with Gasteiger partial charge in [0.05, 0.1) is 4.88 Å². The fraction of sp³-hybridized carbons (Fsp3) is 0.350. The van der Waals surface area contributed by atoms with E-state index in [-0.39, 0.29) is 24.2 Å². The smallest absolute Gasteiger partial charge is 0.329 e. The van der Waals surface area contributed by atoms with Gasteiger partial charge in [0.15, 0.2) is 6.61 Å². The number of rotatable bonds is 7. The number of carbonyl (C=O) groups excluding carboxylic acids is 3. The van der Waals surface area contributed by atoms with Gasteiger partial charge in [-0.25, -0.2) is 4.79 Å². The molecule has 0 saturated carbocycles. The van der Waals surface area contributed by atoms with Crippen molar-refractivity contribution in [3.05, 3.63) is 57.3 Å². The number of benzene rings is 1. The van der Waals surface area contributed by atoms with Crippen LogP contribution in [-0.4, -0.2) is 30.3 Å². The molecule has 0 spiro atoms. The molecule has 0 fully saturated rings. The maximum Gasteiger partial charge on any atom is 0.329 e. The molecule has 0 aliphatic heterocycles. The Balaban J connectivity index is 1.99. The highest BCUT2D eigenvalue weighted by Gasteiger charge is 2.27. The van der Waals surface area contributed by atoms with Crippen LogP contribution in [0.1, 0.15) is 45.0 Å². The van der Waals surface area contributed by atoms with Crippen LogP contribution in [0.3, 0.4) is 0 Å². The van der Waals surface area contributed by atoms with Crippen LogP contribution in [0, 0.1) is 19.8 Å². The molecule has 138 valence electrons. The van der Waals surface area contributed by atoms with Gasteiger partial charge < -0.3 is 10.1 Å². The minimum absolute atomic E-state index is 0.164. The summed E-state index contributed by atoms with van der Waals surface area (Å²) in [4.78, 5) is 37.4. The van der Waals surface area contributed by atoms with E-state index in [2.05, 4.69) is 5.32 Å². The first-order valence-corrected chi connectivity index (χ1v) is 9.29. The average molecular weight is 373 g/mol. The average Bonchev–Trinajstić information content (AvgIpc) is 3.11. The number of esters is 1. The zero-order valence-corrected chi connectivity index (χ0v) is 16.2. The highest BCUT2D eigenvalue weighted by atomic mass is 32.1. The van der Waals surface area contributed by atoms with E-state index in [1.165, 1.54) is 11.3 Å². The zero-order valence-electron chi connectivity index (χ0n) is 15.4. The second-order valence-electron chi connectivity index (χ2n) is 6.52. The Bertz CT molecular complexity index is 796. The summed E-state index contributed by atoms with van der Waals surface area (Å²) < 4.78 is 5.19. The van der Waals surface area contributed by atoms with Gasteiger partial charge in [0, 0.05) is 5.56 Å². The van der Waals surface area contributed by atoms with Crippen LogP contribution in [0.4, 0.5) is 0 Å². The van der Waals surface area contributed by atoms with Crippen LogP contribution in [0.5, 0.6) is 0 Å². The molecule has 1 aromatic heterocycles. The number of ether oxygens (including phenoxy) is 1. The molecule has 0 radical (unpaired) electrons. The number of ketones is 1. The highest BCUT2D eigenvalue weighted by Crippen LogP contribution is 2.13. The fourth-order valence-electron chi connectivity index (χ4n) is 2.55. The molecule has 1 amide bonds. The van der Waals surface area contributed by atoms with Crippen molar-refractivity contribution in [2.75, 3.05) is 6.61 Å². The second-order valence-corrected chi connectivity index (χ2v) is 7.47. The van der Waals surface area contributed by atoms with E-state index in [1.807, 2.05) is 39.8 Å². The number of carbonyl (C=O) groups is 3. The largest absolute Gasteiger partial charge is 0.456 e. The predicted molar refractivity (Wildman–Crippen MR) is 102 cm³/mol. The number of Topliss-reactive ketones (excluding diaryl/α,β-unsaturated/α-hetero) is 1. The standard InChI is InChI=1S/C20H23NO4S/c1-12(2)18(21-19(23)17-6-5-9-26-17)20(24)25-11-16(22)15-8-7-13(3)10-14(15)4/h5-10,12,18H,11H2,1-4H3,(H,21,23)/t18-/m1/s1. The molecule has 0 bridgehead atoms. The third-order valence-electron chi connectivity index (χ3n) is 3.98. The van der Waals surface area contributed by atoms with Crippen molar-refractivity contribution in [3.8, 4) is 0 Å².